The zero-order valence-electron chi connectivity index (χ0n) is 15.1. The Balaban J connectivity index is 1.73. The van der Waals surface area contributed by atoms with Crippen LogP contribution in [0, 0.1) is 6.92 Å². The van der Waals surface area contributed by atoms with E-state index in [4.69, 9.17) is 11.6 Å². The maximum absolute atomic E-state index is 12.7. The van der Waals surface area contributed by atoms with Gasteiger partial charge in [0.05, 0.1) is 16.4 Å². The number of carbonyl (C=O) groups excluding carboxylic acids is 1. The van der Waals surface area contributed by atoms with Gasteiger partial charge in [-0.3, -0.25) is 9.48 Å². The van der Waals surface area contributed by atoms with E-state index in [1.165, 1.54) is 12.8 Å². The molecular weight excluding hydrogens is 336 g/mol. The lowest BCUT2D eigenvalue weighted by Gasteiger charge is -2.21. The summed E-state index contributed by atoms with van der Waals surface area (Å²) in [7, 11) is 1.81. The van der Waals surface area contributed by atoms with E-state index in [1.807, 2.05) is 37.0 Å². The first-order valence-corrected chi connectivity index (χ1v) is 9.20. The number of aromatic nitrogens is 2. The predicted octanol–water partition coefficient (Wildman–Crippen LogP) is 3.74. The predicted molar refractivity (Wildman–Crippen MR) is 101 cm³/mol. The van der Waals surface area contributed by atoms with Crippen molar-refractivity contribution in [2.24, 2.45) is 0 Å². The van der Waals surface area contributed by atoms with Crippen molar-refractivity contribution in [1.29, 1.82) is 0 Å². The van der Waals surface area contributed by atoms with E-state index >= 15 is 0 Å². The number of benzene rings is 1. The third kappa shape index (κ3) is 3.82. The highest BCUT2D eigenvalue weighted by molar-refractivity contribution is 6.33. The number of nitrogens with zero attached hydrogens (tertiary/aromatic N) is 4. The summed E-state index contributed by atoms with van der Waals surface area (Å²) in [4.78, 5) is 16.7. The van der Waals surface area contributed by atoms with Gasteiger partial charge in [-0.15, -0.1) is 0 Å². The highest BCUT2D eigenvalue weighted by atomic mass is 35.5. The van der Waals surface area contributed by atoms with Gasteiger partial charge in [-0.25, -0.2) is 0 Å². The number of hydrogen-bond donors (Lipinski definition) is 0. The standard InChI is InChI=1S/C19H25ClN4O/c1-4-24-13-16(14(2)21-24)12-22(3)19(25)15-7-8-18(17(20)11-15)23-9-5-6-10-23/h7-8,11,13H,4-6,9-10,12H2,1-3H3. The van der Waals surface area contributed by atoms with Crippen LogP contribution >= 0.6 is 11.6 Å². The summed E-state index contributed by atoms with van der Waals surface area (Å²) in [5, 5.41) is 5.09. The summed E-state index contributed by atoms with van der Waals surface area (Å²) in [5.74, 6) is -0.0291. The molecule has 0 aliphatic carbocycles. The molecule has 0 unspecified atom stereocenters. The molecule has 2 aromatic rings. The molecule has 0 radical (unpaired) electrons. The topological polar surface area (TPSA) is 41.4 Å². The maximum atomic E-state index is 12.7. The van der Waals surface area contributed by atoms with E-state index in [-0.39, 0.29) is 5.91 Å². The van der Waals surface area contributed by atoms with Crippen molar-refractivity contribution in [1.82, 2.24) is 14.7 Å². The summed E-state index contributed by atoms with van der Waals surface area (Å²) in [6.45, 7) is 7.46. The highest BCUT2D eigenvalue weighted by Crippen LogP contribution is 2.30. The van der Waals surface area contributed by atoms with Crippen LogP contribution in [0.1, 0.15) is 41.4 Å². The van der Waals surface area contributed by atoms with Gasteiger partial charge in [0.15, 0.2) is 0 Å². The van der Waals surface area contributed by atoms with Crippen LogP contribution in [0.4, 0.5) is 5.69 Å². The second-order valence-corrected chi connectivity index (χ2v) is 7.02. The number of hydrogen-bond acceptors (Lipinski definition) is 3. The van der Waals surface area contributed by atoms with Gasteiger partial charge in [-0.05, 0) is 44.9 Å². The minimum Gasteiger partial charge on any atom is -0.370 e. The van der Waals surface area contributed by atoms with Gasteiger partial charge in [0.1, 0.15) is 0 Å². The van der Waals surface area contributed by atoms with Crippen LogP contribution in [0.3, 0.4) is 0 Å². The van der Waals surface area contributed by atoms with Crippen molar-refractivity contribution in [3.63, 3.8) is 0 Å². The molecule has 2 heterocycles. The lowest BCUT2D eigenvalue weighted by Crippen LogP contribution is -2.26. The van der Waals surface area contributed by atoms with Gasteiger partial charge >= 0.3 is 0 Å². The molecule has 1 saturated heterocycles. The van der Waals surface area contributed by atoms with Crippen LogP contribution in [0.5, 0.6) is 0 Å². The zero-order valence-corrected chi connectivity index (χ0v) is 15.9. The Bertz CT molecular complexity index is 765. The Kier molecular flexibility index (Phi) is 5.33. The SMILES string of the molecule is CCn1cc(CN(C)C(=O)c2ccc(N3CCCC3)c(Cl)c2)c(C)n1. The van der Waals surface area contributed by atoms with Crippen molar-refractivity contribution in [2.75, 3.05) is 25.0 Å². The van der Waals surface area contributed by atoms with E-state index in [9.17, 15) is 4.79 Å². The maximum Gasteiger partial charge on any atom is 0.253 e. The Morgan fingerprint density at radius 1 is 1.32 bits per heavy atom. The molecule has 1 amide bonds. The average Bonchev–Trinajstić information content (AvgIpc) is 3.24. The second-order valence-electron chi connectivity index (χ2n) is 6.62. The van der Waals surface area contributed by atoms with Crippen LogP contribution in [0.2, 0.25) is 5.02 Å². The van der Waals surface area contributed by atoms with Gasteiger partial charge in [0, 0.05) is 50.6 Å². The van der Waals surface area contributed by atoms with Crippen molar-refractivity contribution < 1.29 is 4.79 Å². The number of halogens is 1. The third-order valence-corrected chi connectivity index (χ3v) is 5.07. The Morgan fingerprint density at radius 2 is 2.04 bits per heavy atom. The van der Waals surface area contributed by atoms with Crippen LogP contribution in [-0.4, -0.2) is 40.7 Å². The van der Waals surface area contributed by atoms with Gasteiger partial charge in [-0.2, -0.15) is 5.10 Å². The number of carbonyl (C=O) groups is 1. The molecule has 3 rings (SSSR count). The first-order valence-electron chi connectivity index (χ1n) is 8.82. The van der Waals surface area contributed by atoms with Crippen molar-refractivity contribution in [3.8, 4) is 0 Å². The second kappa shape index (κ2) is 7.48. The normalized spacial score (nSPS) is 14.2. The molecule has 0 spiro atoms. The minimum absolute atomic E-state index is 0.0291. The fourth-order valence-electron chi connectivity index (χ4n) is 3.28. The van der Waals surface area contributed by atoms with E-state index in [0.29, 0.717) is 17.1 Å². The molecule has 1 aromatic carbocycles. The van der Waals surface area contributed by atoms with E-state index in [1.54, 1.807) is 11.0 Å². The van der Waals surface area contributed by atoms with E-state index in [0.717, 1.165) is 36.6 Å². The smallest absolute Gasteiger partial charge is 0.253 e. The van der Waals surface area contributed by atoms with E-state index < -0.39 is 0 Å². The molecule has 0 atom stereocenters. The first-order chi connectivity index (χ1) is 12.0. The van der Waals surface area contributed by atoms with Crippen LogP contribution in [-0.2, 0) is 13.1 Å². The summed E-state index contributed by atoms with van der Waals surface area (Å²) >= 11 is 6.44. The highest BCUT2D eigenvalue weighted by Gasteiger charge is 2.19. The lowest BCUT2D eigenvalue weighted by molar-refractivity contribution is 0.0785. The van der Waals surface area contributed by atoms with Crippen LogP contribution in [0.15, 0.2) is 24.4 Å². The average molecular weight is 361 g/mol. The third-order valence-electron chi connectivity index (χ3n) is 4.77. The molecule has 6 heteroatoms. The van der Waals surface area contributed by atoms with E-state index in [2.05, 4.69) is 16.9 Å². The van der Waals surface area contributed by atoms with Crippen molar-refractivity contribution in [2.45, 2.75) is 39.8 Å². The Hall–Kier alpha value is -2.01. The van der Waals surface area contributed by atoms with Gasteiger partial charge < -0.3 is 9.80 Å². The summed E-state index contributed by atoms with van der Waals surface area (Å²) in [5.41, 5.74) is 3.68. The molecule has 0 N–H and O–H groups in total. The Labute approximate surface area is 154 Å². The number of aryl methyl sites for hydroxylation is 2. The summed E-state index contributed by atoms with van der Waals surface area (Å²) in [6, 6.07) is 5.63. The Morgan fingerprint density at radius 3 is 2.64 bits per heavy atom. The molecule has 1 aromatic heterocycles. The molecule has 0 bridgehead atoms. The molecule has 25 heavy (non-hydrogen) atoms. The molecule has 0 saturated carbocycles. The fraction of sp³-hybridized carbons (Fsp3) is 0.474. The first kappa shape index (κ1) is 17.8. The number of rotatable bonds is 5. The van der Waals surface area contributed by atoms with Gasteiger partial charge in [0.2, 0.25) is 0 Å². The summed E-state index contributed by atoms with van der Waals surface area (Å²) in [6.07, 6.45) is 4.40. The molecule has 1 aliphatic rings. The number of amides is 1. The number of anilines is 1. The van der Waals surface area contributed by atoms with Crippen LogP contribution < -0.4 is 4.90 Å². The molecule has 134 valence electrons. The molecular formula is C19H25ClN4O. The molecule has 5 nitrogen and oxygen atoms in total. The van der Waals surface area contributed by atoms with Crippen molar-refractivity contribution >= 4 is 23.2 Å². The molecule has 1 fully saturated rings. The summed E-state index contributed by atoms with van der Waals surface area (Å²) < 4.78 is 1.89. The monoisotopic (exact) mass is 360 g/mol. The van der Waals surface area contributed by atoms with Gasteiger partial charge in [-0.1, -0.05) is 11.6 Å². The quantitative estimate of drug-likeness (QED) is 0.815. The fourth-order valence-corrected chi connectivity index (χ4v) is 3.58. The lowest BCUT2D eigenvalue weighted by atomic mass is 10.1. The zero-order chi connectivity index (χ0) is 18.0. The molecule has 1 aliphatic heterocycles. The van der Waals surface area contributed by atoms with Gasteiger partial charge in [0.25, 0.3) is 5.91 Å². The minimum atomic E-state index is -0.0291. The van der Waals surface area contributed by atoms with Crippen LogP contribution in [0.25, 0.3) is 0 Å². The largest absolute Gasteiger partial charge is 0.370 e. The van der Waals surface area contributed by atoms with Crippen molar-refractivity contribution in [3.05, 3.63) is 46.2 Å².